The SMILES string of the molecule is COc1ccccc1C(=O)Nc1cc(C2CC2)nn1-c1ccccc1. The zero-order valence-corrected chi connectivity index (χ0v) is 14.0. The highest BCUT2D eigenvalue weighted by Crippen LogP contribution is 2.40. The molecule has 25 heavy (non-hydrogen) atoms. The fourth-order valence-corrected chi connectivity index (χ4v) is 2.85. The summed E-state index contributed by atoms with van der Waals surface area (Å²) >= 11 is 0. The Morgan fingerprint density at radius 3 is 2.56 bits per heavy atom. The summed E-state index contributed by atoms with van der Waals surface area (Å²) in [7, 11) is 1.56. The summed E-state index contributed by atoms with van der Waals surface area (Å²) in [4.78, 5) is 12.7. The number of nitrogens with zero attached hydrogens (tertiary/aromatic N) is 2. The van der Waals surface area contributed by atoms with E-state index >= 15 is 0 Å². The van der Waals surface area contributed by atoms with E-state index in [1.807, 2.05) is 48.5 Å². The lowest BCUT2D eigenvalue weighted by molar-refractivity contribution is 0.102. The van der Waals surface area contributed by atoms with Gasteiger partial charge in [-0.15, -0.1) is 0 Å². The summed E-state index contributed by atoms with van der Waals surface area (Å²) < 4.78 is 7.08. The predicted octanol–water partition coefficient (Wildman–Crippen LogP) is 4.01. The number of para-hydroxylation sites is 2. The van der Waals surface area contributed by atoms with E-state index in [9.17, 15) is 4.79 Å². The minimum atomic E-state index is -0.211. The summed E-state index contributed by atoms with van der Waals surface area (Å²) in [6.07, 6.45) is 2.32. The summed E-state index contributed by atoms with van der Waals surface area (Å²) in [5.74, 6) is 1.51. The highest BCUT2D eigenvalue weighted by molar-refractivity contribution is 6.05. The van der Waals surface area contributed by atoms with Gasteiger partial charge in [-0.05, 0) is 37.1 Å². The van der Waals surface area contributed by atoms with Gasteiger partial charge in [-0.1, -0.05) is 30.3 Å². The number of aromatic nitrogens is 2. The van der Waals surface area contributed by atoms with Gasteiger partial charge in [0.05, 0.1) is 24.1 Å². The molecule has 5 nitrogen and oxygen atoms in total. The van der Waals surface area contributed by atoms with Crippen LogP contribution in [-0.4, -0.2) is 22.8 Å². The van der Waals surface area contributed by atoms with Crippen molar-refractivity contribution in [2.45, 2.75) is 18.8 Å². The van der Waals surface area contributed by atoms with Gasteiger partial charge in [-0.2, -0.15) is 5.10 Å². The van der Waals surface area contributed by atoms with Crippen molar-refractivity contribution in [1.82, 2.24) is 9.78 Å². The molecular formula is C20H19N3O2. The van der Waals surface area contributed by atoms with Crippen molar-refractivity contribution < 1.29 is 9.53 Å². The van der Waals surface area contributed by atoms with Gasteiger partial charge in [0, 0.05) is 12.0 Å². The Kier molecular flexibility index (Phi) is 3.98. The quantitative estimate of drug-likeness (QED) is 0.767. The van der Waals surface area contributed by atoms with Crippen LogP contribution in [0.2, 0.25) is 0 Å². The second-order valence-corrected chi connectivity index (χ2v) is 6.13. The van der Waals surface area contributed by atoms with E-state index in [0.29, 0.717) is 23.0 Å². The van der Waals surface area contributed by atoms with Gasteiger partial charge in [0.1, 0.15) is 11.6 Å². The molecule has 2 aromatic carbocycles. The zero-order chi connectivity index (χ0) is 17.2. The number of amides is 1. The first kappa shape index (κ1) is 15.4. The summed E-state index contributed by atoms with van der Waals surface area (Å²) in [6.45, 7) is 0. The second-order valence-electron chi connectivity index (χ2n) is 6.13. The molecule has 1 fully saturated rings. The fourth-order valence-electron chi connectivity index (χ4n) is 2.85. The topological polar surface area (TPSA) is 56.1 Å². The molecule has 1 amide bonds. The highest BCUT2D eigenvalue weighted by atomic mass is 16.5. The lowest BCUT2D eigenvalue weighted by atomic mass is 10.2. The number of carbonyl (C=O) groups is 1. The Hall–Kier alpha value is -3.08. The smallest absolute Gasteiger partial charge is 0.260 e. The molecule has 3 aromatic rings. The highest BCUT2D eigenvalue weighted by Gasteiger charge is 2.28. The van der Waals surface area contributed by atoms with E-state index in [0.717, 1.165) is 24.2 Å². The van der Waals surface area contributed by atoms with Crippen LogP contribution in [0.15, 0.2) is 60.7 Å². The van der Waals surface area contributed by atoms with E-state index in [2.05, 4.69) is 5.32 Å². The number of hydrogen-bond donors (Lipinski definition) is 1. The van der Waals surface area contributed by atoms with Gasteiger partial charge >= 0.3 is 0 Å². The predicted molar refractivity (Wildman–Crippen MR) is 96.5 cm³/mol. The average Bonchev–Trinajstić information content (AvgIpc) is 3.43. The minimum Gasteiger partial charge on any atom is -0.496 e. The van der Waals surface area contributed by atoms with Crippen molar-refractivity contribution in [3.8, 4) is 11.4 Å². The Morgan fingerprint density at radius 2 is 1.84 bits per heavy atom. The fraction of sp³-hybridized carbons (Fsp3) is 0.200. The molecule has 0 atom stereocenters. The van der Waals surface area contributed by atoms with Gasteiger partial charge in [-0.25, -0.2) is 4.68 Å². The number of rotatable bonds is 5. The van der Waals surface area contributed by atoms with Crippen LogP contribution in [0.4, 0.5) is 5.82 Å². The Labute approximate surface area is 146 Å². The van der Waals surface area contributed by atoms with Gasteiger partial charge in [-0.3, -0.25) is 4.79 Å². The molecule has 0 radical (unpaired) electrons. The normalized spacial score (nSPS) is 13.5. The second kappa shape index (κ2) is 6.43. The molecule has 4 rings (SSSR count). The monoisotopic (exact) mass is 333 g/mol. The van der Waals surface area contributed by atoms with E-state index in [1.165, 1.54) is 0 Å². The number of anilines is 1. The van der Waals surface area contributed by atoms with Crippen molar-refractivity contribution in [2.24, 2.45) is 0 Å². The molecule has 0 spiro atoms. The molecule has 5 heteroatoms. The van der Waals surface area contributed by atoms with Gasteiger partial charge in [0.25, 0.3) is 5.91 Å². The molecule has 0 unspecified atom stereocenters. The molecule has 1 aliphatic rings. The third-order valence-corrected chi connectivity index (χ3v) is 4.32. The Balaban J connectivity index is 1.69. The first-order chi connectivity index (χ1) is 12.3. The van der Waals surface area contributed by atoms with Crippen LogP contribution in [-0.2, 0) is 0 Å². The van der Waals surface area contributed by atoms with Crippen molar-refractivity contribution in [3.63, 3.8) is 0 Å². The molecule has 1 aliphatic carbocycles. The minimum absolute atomic E-state index is 0.211. The molecule has 1 aromatic heterocycles. The third kappa shape index (κ3) is 3.13. The van der Waals surface area contributed by atoms with Crippen molar-refractivity contribution >= 4 is 11.7 Å². The molecule has 1 saturated carbocycles. The standard InChI is InChI=1S/C20H19N3O2/c1-25-18-10-6-5-9-16(18)20(24)21-19-13-17(14-11-12-14)22-23(19)15-7-3-2-4-8-15/h2-10,13-14H,11-12H2,1H3,(H,21,24). The summed E-state index contributed by atoms with van der Waals surface area (Å²) in [6, 6.07) is 19.0. The van der Waals surface area contributed by atoms with E-state index < -0.39 is 0 Å². The van der Waals surface area contributed by atoms with E-state index in [1.54, 1.807) is 23.9 Å². The zero-order valence-electron chi connectivity index (χ0n) is 14.0. The lowest BCUT2D eigenvalue weighted by Crippen LogP contribution is -2.16. The Morgan fingerprint density at radius 1 is 1.12 bits per heavy atom. The van der Waals surface area contributed by atoms with Gasteiger partial charge in [0.2, 0.25) is 0 Å². The summed E-state index contributed by atoms with van der Waals surface area (Å²) in [5.41, 5.74) is 2.45. The molecule has 0 aliphatic heterocycles. The maximum atomic E-state index is 12.7. The molecular weight excluding hydrogens is 314 g/mol. The van der Waals surface area contributed by atoms with Gasteiger partial charge in [0.15, 0.2) is 0 Å². The third-order valence-electron chi connectivity index (χ3n) is 4.32. The van der Waals surface area contributed by atoms with Crippen LogP contribution >= 0.6 is 0 Å². The van der Waals surface area contributed by atoms with Crippen LogP contribution in [0, 0.1) is 0 Å². The van der Waals surface area contributed by atoms with E-state index in [-0.39, 0.29) is 5.91 Å². The first-order valence-corrected chi connectivity index (χ1v) is 8.36. The van der Waals surface area contributed by atoms with Crippen LogP contribution in [0.25, 0.3) is 5.69 Å². The number of nitrogens with one attached hydrogen (secondary N) is 1. The van der Waals surface area contributed by atoms with Crippen LogP contribution in [0.5, 0.6) is 5.75 Å². The lowest BCUT2D eigenvalue weighted by Gasteiger charge is -2.11. The van der Waals surface area contributed by atoms with Crippen LogP contribution in [0.3, 0.4) is 0 Å². The van der Waals surface area contributed by atoms with Crippen molar-refractivity contribution in [1.29, 1.82) is 0 Å². The molecule has 0 bridgehead atoms. The summed E-state index contributed by atoms with van der Waals surface area (Å²) in [5, 5.41) is 7.69. The number of ether oxygens (including phenoxy) is 1. The molecule has 1 N–H and O–H groups in total. The van der Waals surface area contributed by atoms with Crippen molar-refractivity contribution in [3.05, 3.63) is 71.9 Å². The average molecular weight is 333 g/mol. The maximum Gasteiger partial charge on any atom is 0.260 e. The molecule has 0 saturated heterocycles. The number of methoxy groups -OCH3 is 1. The maximum absolute atomic E-state index is 12.7. The van der Waals surface area contributed by atoms with Crippen LogP contribution < -0.4 is 10.1 Å². The van der Waals surface area contributed by atoms with Gasteiger partial charge < -0.3 is 10.1 Å². The number of carbonyl (C=O) groups excluding carboxylic acids is 1. The molecule has 1 heterocycles. The first-order valence-electron chi connectivity index (χ1n) is 8.36. The molecule has 126 valence electrons. The Bertz CT molecular complexity index is 898. The van der Waals surface area contributed by atoms with Crippen molar-refractivity contribution in [2.75, 3.05) is 12.4 Å². The number of hydrogen-bond acceptors (Lipinski definition) is 3. The van der Waals surface area contributed by atoms with Crippen LogP contribution in [0.1, 0.15) is 34.8 Å². The van der Waals surface area contributed by atoms with E-state index in [4.69, 9.17) is 9.84 Å². The largest absolute Gasteiger partial charge is 0.496 e. The number of benzene rings is 2.